The van der Waals surface area contributed by atoms with Gasteiger partial charge in [0, 0.05) is 0 Å². The van der Waals surface area contributed by atoms with E-state index in [2.05, 4.69) is 5.32 Å². The Morgan fingerprint density at radius 2 is 2.14 bits per heavy atom. The molecule has 1 saturated heterocycles. The van der Waals surface area contributed by atoms with Crippen LogP contribution in [0.2, 0.25) is 0 Å². The number of alkyl carbamates (subject to hydrolysis) is 1. The molecular weight excluding hydrogens is 182 g/mol. The molecule has 0 bridgehead atoms. The third kappa shape index (κ3) is 1.70. The maximum Gasteiger partial charge on any atom is 0.407 e. The van der Waals surface area contributed by atoms with Crippen molar-refractivity contribution in [1.82, 2.24) is 5.32 Å². The molecule has 2 N–H and O–H groups in total. The van der Waals surface area contributed by atoms with Crippen molar-refractivity contribution in [3.63, 3.8) is 0 Å². The lowest BCUT2D eigenvalue weighted by atomic mass is 10.0. The topological polar surface area (TPSA) is 58.6 Å². The molecule has 1 amide bonds. The van der Waals surface area contributed by atoms with Crippen molar-refractivity contribution in [3.05, 3.63) is 35.9 Å². The van der Waals surface area contributed by atoms with E-state index in [4.69, 9.17) is 4.74 Å². The summed E-state index contributed by atoms with van der Waals surface area (Å²) in [7, 11) is 0. The molecule has 1 aromatic rings. The normalized spacial score (nSPS) is 22.6. The molecule has 1 aliphatic rings. The number of carbonyl (C=O) groups is 1. The molecule has 1 aromatic carbocycles. The van der Waals surface area contributed by atoms with Gasteiger partial charge >= 0.3 is 6.09 Å². The smallest absolute Gasteiger partial charge is 0.407 e. The van der Waals surface area contributed by atoms with E-state index >= 15 is 0 Å². The van der Waals surface area contributed by atoms with Gasteiger partial charge in [-0.15, -0.1) is 0 Å². The number of aliphatic hydroxyl groups excluding tert-OH is 1. The van der Waals surface area contributed by atoms with Crippen LogP contribution in [0.5, 0.6) is 0 Å². The molecule has 0 aromatic heterocycles. The van der Waals surface area contributed by atoms with Crippen molar-refractivity contribution >= 4 is 6.09 Å². The molecule has 2 rings (SSSR count). The van der Waals surface area contributed by atoms with E-state index in [1.807, 2.05) is 30.3 Å². The van der Waals surface area contributed by atoms with Crippen molar-refractivity contribution in [1.29, 1.82) is 0 Å². The lowest BCUT2D eigenvalue weighted by molar-refractivity contribution is 0.125. The van der Waals surface area contributed by atoms with Crippen LogP contribution in [-0.4, -0.2) is 23.8 Å². The summed E-state index contributed by atoms with van der Waals surface area (Å²) in [6, 6.07) is 8.85. The molecule has 0 spiro atoms. The van der Waals surface area contributed by atoms with Crippen LogP contribution in [0.25, 0.3) is 0 Å². The fourth-order valence-electron chi connectivity index (χ4n) is 1.45. The number of cyclic esters (lactones) is 1. The summed E-state index contributed by atoms with van der Waals surface area (Å²) in [5.41, 5.74) is 0.781. The van der Waals surface area contributed by atoms with Gasteiger partial charge in [-0.05, 0) is 5.56 Å². The number of ether oxygens (including phenoxy) is 1. The summed E-state index contributed by atoms with van der Waals surface area (Å²) >= 11 is 0. The lowest BCUT2D eigenvalue weighted by Crippen LogP contribution is -2.32. The molecule has 2 unspecified atom stereocenters. The predicted molar refractivity (Wildman–Crippen MR) is 49.7 cm³/mol. The van der Waals surface area contributed by atoms with Crippen LogP contribution in [-0.2, 0) is 4.74 Å². The number of hydrogen-bond acceptors (Lipinski definition) is 3. The van der Waals surface area contributed by atoms with Gasteiger partial charge in [-0.1, -0.05) is 30.3 Å². The van der Waals surface area contributed by atoms with Gasteiger partial charge in [-0.25, -0.2) is 4.79 Å². The van der Waals surface area contributed by atoms with Gasteiger partial charge in [0.1, 0.15) is 12.7 Å². The minimum Gasteiger partial charge on any atom is -0.447 e. The monoisotopic (exact) mass is 193 g/mol. The summed E-state index contributed by atoms with van der Waals surface area (Å²) < 4.78 is 4.70. The molecule has 74 valence electrons. The highest BCUT2D eigenvalue weighted by atomic mass is 16.6. The Labute approximate surface area is 81.5 Å². The van der Waals surface area contributed by atoms with Gasteiger partial charge in [0.2, 0.25) is 0 Å². The molecule has 1 heterocycles. The van der Waals surface area contributed by atoms with Crippen LogP contribution in [0.1, 0.15) is 11.7 Å². The maximum absolute atomic E-state index is 10.7. The van der Waals surface area contributed by atoms with E-state index in [1.165, 1.54) is 0 Å². The van der Waals surface area contributed by atoms with Gasteiger partial charge in [-0.2, -0.15) is 0 Å². The first kappa shape index (κ1) is 9.02. The lowest BCUT2D eigenvalue weighted by Gasteiger charge is -2.15. The van der Waals surface area contributed by atoms with E-state index in [0.29, 0.717) is 0 Å². The largest absolute Gasteiger partial charge is 0.447 e. The highest BCUT2D eigenvalue weighted by Crippen LogP contribution is 2.18. The Morgan fingerprint density at radius 3 is 2.71 bits per heavy atom. The number of benzene rings is 1. The first-order valence-corrected chi connectivity index (χ1v) is 4.43. The highest BCUT2D eigenvalue weighted by Gasteiger charge is 2.29. The summed E-state index contributed by atoms with van der Waals surface area (Å²) in [6.07, 6.45) is -1.17. The molecule has 2 atom stereocenters. The number of nitrogens with one attached hydrogen (secondary N) is 1. The van der Waals surface area contributed by atoms with Crippen molar-refractivity contribution < 1.29 is 14.6 Å². The van der Waals surface area contributed by atoms with Crippen molar-refractivity contribution in [2.45, 2.75) is 12.1 Å². The van der Waals surface area contributed by atoms with Crippen molar-refractivity contribution in [2.75, 3.05) is 6.61 Å². The quantitative estimate of drug-likeness (QED) is 0.731. The second-order valence-electron chi connectivity index (χ2n) is 3.20. The first-order valence-electron chi connectivity index (χ1n) is 4.43. The van der Waals surface area contributed by atoms with Gasteiger partial charge in [-0.3, -0.25) is 0 Å². The van der Waals surface area contributed by atoms with Crippen LogP contribution < -0.4 is 5.32 Å². The van der Waals surface area contributed by atoms with E-state index < -0.39 is 12.2 Å². The summed E-state index contributed by atoms with van der Waals surface area (Å²) in [4.78, 5) is 10.7. The van der Waals surface area contributed by atoms with E-state index in [-0.39, 0.29) is 12.6 Å². The van der Waals surface area contributed by atoms with Crippen molar-refractivity contribution in [2.24, 2.45) is 0 Å². The standard InChI is InChI=1S/C10H11NO3/c12-9(7-4-2-1-3-5-7)8-6-14-10(13)11-8/h1-5,8-9,12H,6H2,(H,11,13). The number of amides is 1. The highest BCUT2D eigenvalue weighted by molar-refractivity contribution is 5.69. The Hall–Kier alpha value is -1.55. The zero-order valence-corrected chi connectivity index (χ0v) is 7.51. The Kier molecular flexibility index (Phi) is 2.37. The molecule has 0 aliphatic carbocycles. The summed E-state index contributed by atoms with van der Waals surface area (Å²) in [5.74, 6) is 0. The number of aliphatic hydroxyl groups is 1. The molecule has 0 saturated carbocycles. The number of hydrogen-bond donors (Lipinski definition) is 2. The predicted octanol–water partition coefficient (Wildman–Crippen LogP) is 0.828. The third-order valence-corrected chi connectivity index (χ3v) is 2.22. The molecule has 4 nitrogen and oxygen atoms in total. The van der Waals surface area contributed by atoms with Crippen LogP contribution in [0.3, 0.4) is 0 Å². The van der Waals surface area contributed by atoms with Gasteiger partial charge < -0.3 is 15.2 Å². The fourth-order valence-corrected chi connectivity index (χ4v) is 1.45. The zero-order valence-electron chi connectivity index (χ0n) is 7.51. The van der Waals surface area contributed by atoms with Gasteiger partial charge in [0.15, 0.2) is 0 Å². The average molecular weight is 193 g/mol. The fraction of sp³-hybridized carbons (Fsp3) is 0.300. The first-order chi connectivity index (χ1) is 6.77. The minimum atomic E-state index is -0.706. The number of carbonyl (C=O) groups excluding carboxylic acids is 1. The van der Waals surface area contributed by atoms with E-state index in [0.717, 1.165) is 5.56 Å². The second-order valence-corrected chi connectivity index (χ2v) is 3.20. The third-order valence-electron chi connectivity index (χ3n) is 2.22. The van der Waals surface area contributed by atoms with Crippen molar-refractivity contribution in [3.8, 4) is 0 Å². The molecule has 0 radical (unpaired) electrons. The zero-order chi connectivity index (χ0) is 9.97. The van der Waals surface area contributed by atoms with E-state index in [9.17, 15) is 9.90 Å². The maximum atomic E-state index is 10.7. The molecule has 1 aliphatic heterocycles. The Bertz CT molecular complexity index is 325. The molecule has 1 fully saturated rings. The van der Waals surface area contributed by atoms with E-state index in [1.54, 1.807) is 0 Å². The summed E-state index contributed by atoms with van der Waals surface area (Å²) in [6.45, 7) is 0.217. The minimum absolute atomic E-state index is 0.217. The average Bonchev–Trinajstić information content (AvgIpc) is 2.65. The second kappa shape index (κ2) is 3.67. The van der Waals surface area contributed by atoms with Crippen LogP contribution in [0, 0.1) is 0 Å². The molecule has 4 heteroatoms. The number of rotatable bonds is 2. The SMILES string of the molecule is O=C1NC(C(O)c2ccccc2)CO1. The molecule has 14 heavy (non-hydrogen) atoms. The van der Waals surface area contributed by atoms with Crippen LogP contribution in [0.15, 0.2) is 30.3 Å². The van der Waals surface area contributed by atoms with Gasteiger partial charge in [0.25, 0.3) is 0 Å². The van der Waals surface area contributed by atoms with Crippen LogP contribution in [0.4, 0.5) is 4.79 Å². The molecular formula is C10H11NO3. The summed E-state index contributed by atoms with van der Waals surface area (Å²) in [5, 5.41) is 12.4. The Morgan fingerprint density at radius 1 is 1.43 bits per heavy atom. The van der Waals surface area contributed by atoms with Crippen LogP contribution >= 0.6 is 0 Å². The Balaban J connectivity index is 2.09. The van der Waals surface area contributed by atoms with Gasteiger partial charge in [0.05, 0.1) is 6.04 Å².